The molecule has 8 nitrogen and oxygen atoms in total. The Morgan fingerprint density at radius 1 is 1.07 bits per heavy atom. The summed E-state index contributed by atoms with van der Waals surface area (Å²) in [7, 11) is 0. The van der Waals surface area contributed by atoms with Crippen LogP contribution in [-0.4, -0.2) is 72.5 Å². The zero-order valence-corrected chi connectivity index (χ0v) is 25.4. The monoisotopic (exact) mass is 584 g/mol. The van der Waals surface area contributed by atoms with E-state index < -0.39 is 5.60 Å². The molecule has 0 spiro atoms. The Morgan fingerprint density at radius 3 is 2.55 bits per heavy atom. The van der Waals surface area contributed by atoms with Crippen molar-refractivity contribution >= 4 is 12.0 Å². The fraction of sp³-hybridized carbons (Fsp3) is 0.576. The summed E-state index contributed by atoms with van der Waals surface area (Å²) >= 11 is 0. The van der Waals surface area contributed by atoms with Gasteiger partial charge in [0.25, 0.3) is 0 Å². The Balaban J connectivity index is 1.32. The molecule has 0 N–H and O–H groups in total. The minimum Gasteiger partial charge on any atom is -0.494 e. The number of carbonyl (C=O) groups excluding carboxylic acids is 2. The standard InChI is InChI=1S/C33H45FN2O6/c1-5-40-28-11-8-9-24(19-28)20-36(32(38)42-33(2,3)4)27-15-13-25(14-16-27)31(37)35-17-18-41-29(21-35)23-39-22-26-10-6-7-12-30(26)34/h6-12,19,25,27,29H,5,13-18,20-23H2,1-4H3/t25?,27?,29-/m0/s1. The van der Waals surface area contributed by atoms with Gasteiger partial charge in [-0.3, -0.25) is 4.79 Å². The first kappa shape index (κ1) is 31.8. The van der Waals surface area contributed by atoms with E-state index >= 15 is 0 Å². The van der Waals surface area contributed by atoms with Crippen LogP contribution in [0.15, 0.2) is 48.5 Å². The van der Waals surface area contributed by atoms with Crippen LogP contribution in [0.2, 0.25) is 0 Å². The second-order valence-electron chi connectivity index (χ2n) is 12.1. The number of carbonyl (C=O) groups is 2. The molecule has 0 unspecified atom stereocenters. The van der Waals surface area contributed by atoms with E-state index in [9.17, 15) is 14.0 Å². The molecule has 0 aromatic heterocycles. The summed E-state index contributed by atoms with van der Waals surface area (Å²) in [6.07, 6.45) is 2.26. The van der Waals surface area contributed by atoms with Crippen LogP contribution in [0.4, 0.5) is 9.18 Å². The first-order valence-corrected chi connectivity index (χ1v) is 15.1. The number of halogens is 1. The van der Waals surface area contributed by atoms with Gasteiger partial charge in [0.15, 0.2) is 0 Å². The lowest BCUT2D eigenvalue weighted by Crippen LogP contribution is -2.50. The Morgan fingerprint density at radius 2 is 1.83 bits per heavy atom. The van der Waals surface area contributed by atoms with E-state index in [1.54, 1.807) is 18.2 Å². The third kappa shape index (κ3) is 9.16. The second kappa shape index (κ2) is 14.8. The van der Waals surface area contributed by atoms with Gasteiger partial charge in [-0.05, 0) is 77.1 Å². The highest BCUT2D eigenvalue weighted by Gasteiger charge is 2.36. The molecule has 42 heavy (non-hydrogen) atoms. The minimum absolute atomic E-state index is 0.0242. The third-order valence-electron chi connectivity index (χ3n) is 7.65. The van der Waals surface area contributed by atoms with Crippen molar-refractivity contribution in [2.24, 2.45) is 5.92 Å². The van der Waals surface area contributed by atoms with Crippen LogP contribution in [0.25, 0.3) is 0 Å². The van der Waals surface area contributed by atoms with Crippen LogP contribution in [0, 0.1) is 11.7 Å². The quantitative estimate of drug-likeness (QED) is 0.343. The summed E-state index contributed by atoms with van der Waals surface area (Å²) in [6, 6.07) is 14.3. The Bertz CT molecular complexity index is 1180. The van der Waals surface area contributed by atoms with E-state index in [0.717, 1.165) is 24.2 Å². The van der Waals surface area contributed by atoms with Crippen LogP contribution >= 0.6 is 0 Å². The predicted octanol–water partition coefficient (Wildman–Crippen LogP) is 5.96. The van der Waals surface area contributed by atoms with E-state index in [4.69, 9.17) is 18.9 Å². The van der Waals surface area contributed by atoms with Gasteiger partial charge in [-0.2, -0.15) is 0 Å². The van der Waals surface area contributed by atoms with E-state index in [2.05, 4.69) is 0 Å². The average Bonchev–Trinajstić information content (AvgIpc) is 2.96. The Labute approximate surface area is 249 Å². The van der Waals surface area contributed by atoms with Crippen LogP contribution in [-0.2, 0) is 32.2 Å². The van der Waals surface area contributed by atoms with Gasteiger partial charge >= 0.3 is 6.09 Å². The summed E-state index contributed by atoms with van der Waals surface area (Å²) in [5.41, 5.74) is 0.864. The molecular formula is C33H45FN2O6. The van der Waals surface area contributed by atoms with Gasteiger partial charge in [0.2, 0.25) is 5.91 Å². The Kier molecular flexibility index (Phi) is 11.2. The van der Waals surface area contributed by atoms with Gasteiger partial charge < -0.3 is 28.7 Å². The first-order chi connectivity index (χ1) is 20.1. The number of amides is 2. The summed E-state index contributed by atoms with van der Waals surface area (Å²) < 4.78 is 36.9. The van der Waals surface area contributed by atoms with Crippen molar-refractivity contribution in [3.8, 4) is 5.75 Å². The van der Waals surface area contributed by atoms with Gasteiger partial charge in [0, 0.05) is 37.2 Å². The summed E-state index contributed by atoms with van der Waals surface area (Å²) in [5.74, 6) is 0.513. The zero-order valence-electron chi connectivity index (χ0n) is 25.4. The summed E-state index contributed by atoms with van der Waals surface area (Å²) in [4.78, 5) is 30.5. The zero-order chi connectivity index (χ0) is 30.1. The van der Waals surface area contributed by atoms with E-state index in [0.29, 0.717) is 57.9 Å². The molecule has 1 atom stereocenters. The molecule has 4 rings (SSSR count). The van der Waals surface area contributed by atoms with E-state index in [1.165, 1.54) is 6.07 Å². The largest absolute Gasteiger partial charge is 0.494 e. The smallest absolute Gasteiger partial charge is 0.410 e. The van der Waals surface area contributed by atoms with Gasteiger partial charge in [-0.1, -0.05) is 30.3 Å². The lowest BCUT2D eigenvalue weighted by atomic mass is 9.84. The van der Waals surface area contributed by atoms with Crippen molar-refractivity contribution in [2.75, 3.05) is 32.9 Å². The highest BCUT2D eigenvalue weighted by Crippen LogP contribution is 2.32. The molecule has 1 aliphatic heterocycles. The number of hydrogen-bond acceptors (Lipinski definition) is 6. The molecule has 1 saturated carbocycles. The summed E-state index contributed by atoms with van der Waals surface area (Å²) in [5, 5.41) is 0. The van der Waals surface area contributed by atoms with Gasteiger partial charge in [0.05, 0.1) is 32.5 Å². The molecule has 1 saturated heterocycles. The molecule has 2 aliphatic rings. The molecule has 230 valence electrons. The maximum Gasteiger partial charge on any atom is 0.410 e. The number of rotatable bonds is 10. The van der Waals surface area contributed by atoms with Gasteiger partial charge in [0.1, 0.15) is 17.2 Å². The molecular weight excluding hydrogens is 539 g/mol. The molecule has 2 fully saturated rings. The van der Waals surface area contributed by atoms with E-state index in [1.807, 2.05) is 61.8 Å². The molecule has 1 aliphatic carbocycles. The fourth-order valence-corrected chi connectivity index (χ4v) is 5.59. The second-order valence-corrected chi connectivity index (χ2v) is 12.1. The van der Waals surface area contributed by atoms with Crippen LogP contribution in [0.1, 0.15) is 64.5 Å². The molecule has 1 heterocycles. The molecule has 9 heteroatoms. The van der Waals surface area contributed by atoms with Crippen LogP contribution in [0.3, 0.4) is 0 Å². The predicted molar refractivity (Wildman–Crippen MR) is 158 cm³/mol. The Hall–Kier alpha value is -3.17. The van der Waals surface area contributed by atoms with E-state index in [-0.39, 0.29) is 42.5 Å². The fourth-order valence-electron chi connectivity index (χ4n) is 5.59. The number of morpholine rings is 1. The highest BCUT2D eigenvalue weighted by molar-refractivity contribution is 5.79. The van der Waals surface area contributed by atoms with Crippen molar-refractivity contribution in [3.63, 3.8) is 0 Å². The topological polar surface area (TPSA) is 77.5 Å². The summed E-state index contributed by atoms with van der Waals surface area (Å²) in [6.45, 7) is 10.4. The van der Waals surface area contributed by atoms with Gasteiger partial charge in [-0.25, -0.2) is 9.18 Å². The lowest BCUT2D eigenvalue weighted by molar-refractivity contribution is -0.147. The molecule has 2 aromatic rings. The average molecular weight is 585 g/mol. The number of ether oxygens (including phenoxy) is 4. The molecule has 2 aromatic carbocycles. The highest BCUT2D eigenvalue weighted by atomic mass is 19.1. The number of hydrogen-bond donors (Lipinski definition) is 0. The molecule has 0 radical (unpaired) electrons. The van der Waals surface area contributed by atoms with Crippen molar-refractivity contribution in [2.45, 2.75) is 84.3 Å². The van der Waals surface area contributed by atoms with Gasteiger partial charge in [-0.15, -0.1) is 0 Å². The SMILES string of the molecule is CCOc1cccc(CN(C(=O)OC(C)(C)C)C2CCC(C(=O)N3CCO[C@H](COCc4ccccc4F)C3)CC2)c1. The minimum atomic E-state index is -0.610. The van der Waals surface area contributed by atoms with Crippen LogP contribution in [0.5, 0.6) is 5.75 Å². The van der Waals surface area contributed by atoms with Crippen molar-refractivity contribution in [1.29, 1.82) is 0 Å². The normalized spacial score (nSPS) is 21.1. The van der Waals surface area contributed by atoms with Crippen molar-refractivity contribution < 1.29 is 32.9 Å². The third-order valence-corrected chi connectivity index (χ3v) is 7.65. The molecule has 2 amide bonds. The van der Waals surface area contributed by atoms with Crippen molar-refractivity contribution in [1.82, 2.24) is 9.80 Å². The maximum absolute atomic E-state index is 13.9. The first-order valence-electron chi connectivity index (χ1n) is 15.1. The maximum atomic E-state index is 13.9. The lowest BCUT2D eigenvalue weighted by Gasteiger charge is -2.39. The molecule has 0 bridgehead atoms. The van der Waals surface area contributed by atoms with Crippen LogP contribution < -0.4 is 4.74 Å². The number of nitrogens with zero attached hydrogens (tertiary/aromatic N) is 2. The van der Waals surface area contributed by atoms with Crippen molar-refractivity contribution in [3.05, 3.63) is 65.5 Å². The number of benzene rings is 2.